The fourth-order valence-corrected chi connectivity index (χ4v) is 5.67. The van der Waals surface area contributed by atoms with Crippen LogP contribution in [0.2, 0.25) is 0 Å². The highest BCUT2D eigenvalue weighted by Crippen LogP contribution is 2.49. The lowest BCUT2D eigenvalue weighted by molar-refractivity contribution is -0.139. The molecule has 0 aromatic heterocycles. The maximum Gasteiger partial charge on any atom is 0.240 e. The third kappa shape index (κ3) is 4.96. The minimum absolute atomic E-state index is 0.0603. The predicted octanol–water partition coefficient (Wildman–Crippen LogP) is 4.64. The van der Waals surface area contributed by atoms with Crippen molar-refractivity contribution in [2.24, 2.45) is 16.2 Å². The molecule has 4 nitrogen and oxygen atoms in total. The number of carbonyl (C=O) groups is 1. The van der Waals surface area contributed by atoms with Gasteiger partial charge in [0.05, 0.1) is 10.7 Å². The number of rotatable bonds is 5. The van der Waals surface area contributed by atoms with Crippen molar-refractivity contribution in [2.45, 2.75) is 98.7 Å². The van der Waals surface area contributed by atoms with Gasteiger partial charge in [0, 0.05) is 0 Å². The van der Waals surface area contributed by atoms with E-state index in [4.69, 9.17) is 0 Å². The van der Waals surface area contributed by atoms with Crippen LogP contribution < -0.4 is 4.72 Å². The fourth-order valence-electron chi connectivity index (χ4n) is 4.09. The smallest absolute Gasteiger partial charge is 0.240 e. The van der Waals surface area contributed by atoms with Crippen molar-refractivity contribution in [2.75, 3.05) is 0 Å². The largest absolute Gasteiger partial charge is 0.273 e. The van der Waals surface area contributed by atoms with Gasteiger partial charge in [-0.25, -0.2) is 8.42 Å². The van der Waals surface area contributed by atoms with Gasteiger partial charge in [-0.1, -0.05) is 67.7 Å². The van der Waals surface area contributed by atoms with Crippen LogP contribution >= 0.6 is 0 Å². The summed E-state index contributed by atoms with van der Waals surface area (Å²) in [5.41, 5.74) is -1.08. The van der Waals surface area contributed by atoms with Crippen LogP contribution in [0, 0.1) is 16.2 Å². The first-order valence-electron chi connectivity index (χ1n) is 9.31. The summed E-state index contributed by atoms with van der Waals surface area (Å²) in [5, 5.41) is -0.417. The summed E-state index contributed by atoms with van der Waals surface area (Å²) in [7, 11) is -3.59. The molecule has 5 heteroatoms. The summed E-state index contributed by atoms with van der Waals surface area (Å²) >= 11 is 0. The first-order chi connectivity index (χ1) is 10.8. The zero-order valence-corrected chi connectivity index (χ0v) is 17.5. The Labute approximate surface area is 149 Å². The van der Waals surface area contributed by atoms with Gasteiger partial charge in [0.15, 0.2) is 0 Å². The number of hydrogen-bond acceptors (Lipinski definition) is 3. The van der Waals surface area contributed by atoms with E-state index in [0.29, 0.717) is 25.7 Å². The van der Waals surface area contributed by atoms with Gasteiger partial charge < -0.3 is 0 Å². The second kappa shape index (κ2) is 7.35. The zero-order valence-electron chi connectivity index (χ0n) is 16.7. The zero-order chi connectivity index (χ0) is 18.8. The second-order valence-electron chi connectivity index (χ2n) is 9.66. The van der Waals surface area contributed by atoms with Gasteiger partial charge in [0.2, 0.25) is 15.9 Å². The minimum atomic E-state index is -3.59. The summed E-state index contributed by atoms with van der Waals surface area (Å²) in [6.07, 6.45) is 5.56. The average molecular weight is 360 g/mol. The van der Waals surface area contributed by atoms with E-state index in [1.165, 1.54) is 0 Å². The fraction of sp³-hybridized carbons (Fsp3) is 0.947. The van der Waals surface area contributed by atoms with E-state index >= 15 is 0 Å². The van der Waals surface area contributed by atoms with E-state index < -0.39 is 20.7 Å². The first kappa shape index (κ1) is 21.5. The topological polar surface area (TPSA) is 63.2 Å². The Morgan fingerprint density at radius 2 is 1.50 bits per heavy atom. The van der Waals surface area contributed by atoms with E-state index in [2.05, 4.69) is 25.5 Å². The minimum Gasteiger partial charge on any atom is -0.273 e. The Balaban J connectivity index is 3.12. The molecular formula is C19H37NO3S. The van der Waals surface area contributed by atoms with Crippen LogP contribution in [0.5, 0.6) is 0 Å². The van der Waals surface area contributed by atoms with E-state index in [-0.39, 0.29) is 16.7 Å². The van der Waals surface area contributed by atoms with E-state index in [0.717, 1.165) is 19.3 Å². The summed E-state index contributed by atoms with van der Waals surface area (Å²) in [4.78, 5) is 13.2. The molecule has 0 bridgehead atoms. The standard InChI is InChI=1S/C19H37NO3S/c1-8-19(18(5,6)7,14-17(2,3)4)16(21)20-24(22,23)15-12-10-9-11-13-15/h15H,8-14H2,1-7H3,(H,20,21). The highest BCUT2D eigenvalue weighted by Gasteiger charge is 2.50. The van der Waals surface area contributed by atoms with Crippen LogP contribution in [-0.4, -0.2) is 19.6 Å². The maximum atomic E-state index is 13.2. The lowest BCUT2D eigenvalue weighted by atomic mass is 9.58. The first-order valence-corrected chi connectivity index (χ1v) is 10.9. The SMILES string of the molecule is CCC(CC(C)(C)C)(C(=O)NS(=O)(=O)C1CCCCC1)C(C)(C)C. The molecule has 24 heavy (non-hydrogen) atoms. The van der Waals surface area contributed by atoms with Gasteiger partial charge in [-0.05, 0) is 36.5 Å². The average Bonchev–Trinajstić information content (AvgIpc) is 2.42. The monoisotopic (exact) mass is 359 g/mol. The second-order valence-corrected chi connectivity index (χ2v) is 11.6. The molecule has 0 aromatic carbocycles. The molecule has 1 N–H and O–H groups in total. The van der Waals surface area contributed by atoms with Crippen molar-refractivity contribution in [3.8, 4) is 0 Å². The molecule has 1 unspecified atom stereocenters. The molecule has 0 radical (unpaired) electrons. The Bertz CT molecular complexity index is 534. The van der Waals surface area contributed by atoms with Gasteiger partial charge in [-0.3, -0.25) is 9.52 Å². The molecule has 1 atom stereocenters. The van der Waals surface area contributed by atoms with Crippen LogP contribution in [0.15, 0.2) is 0 Å². The number of nitrogens with one attached hydrogen (secondary N) is 1. The summed E-state index contributed by atoms with van der Waals surface area (Å²) < 4.78 is 27.9. The molecule has 0 aromatic rings. The highest BCUT2D eigenvalue weighted by atomic mass is 32.2. The van der Waals surface area contributed by atoms with Crippen LogP contribution in [-0.2, 0) is 14.8 Å². The van der Waals surface area contributed by atoms with E-state index in [1.54, 1.807) is 0 Å². The normalized spacial score (nSPS) is 20.5. The van der Waals surface area contributed by atoms with Crippen LogP contribution in [0.3, 0.4) is 0 Å². The number of amides is 1. The van der Waals surface area contributed by atoms with Gasteiger partial charge in [0.25, 0.3) is 0 Å². The van der Waals surface area contributed by atoms with Crippen molar-refractivity contribution in [1.29, 1.82) is 0 Å². The van der Waals surface area contributed by atoms with Crippen molar-refractivity contribution in [3.63, 3.8) is 0 Å². The van der Waals surface area contributed by atoms with Crippen molar-refractivity contribution >= 4 is 15.9 Å². The molecule has 1 rings (SSSR count). The molecule has 0 aliphatic heterocycles. The van der Waals surface area contributed by atoms with Gasteiger partial charge in [-0.2, -0.15) is 0 Å². The Hall–Kier alpha value is -0.580. The van der Waals surface area contributed by atoms with E-state index in [1.807, 2.05) is 27.7 Å². The van der Waals surface area contributed by atoms with Gasteiger partial charge in [0.1, 0.15) is 0 Å². The van der Waals surface area contributed by atoms with Gasteiger partial charge in [-0.15, -0.1) is 0 Å². The molecule has 142 valence electrons. The lowest BCUT2D eigenvalue weighted by Crippen LogP contribution is -2.53. The molecule has 1 amide bonds. The van der Waals surface area contributed by atoms with Crippen molar-refractivity contribution < 1.29 is 13.2 Å². The highest BCUT2D eigenvalue weighted by molar-refractivity contribution is 7.90. The number of carbonyl (C=O) groups excluding carboxylic acids is 1. The molecule has 1 saturated carbocycles. The maximum absolute atomic E-state index is 13.2. The predicted molar refractivity (Wildman–Crippen MR) is 100 cm³/mol. The van der Waals surface area contributed by atoms with Gasteiger partial charge >= 0.3 is 0 Å². The third-order valence-electron chi connectivity index (χ3n) is 5.53. The van der Waals surface area contributed by atoms with Crippen LogP contribution in [0.1, 0.15) is 93.4 Å². The molecule has 0 heterocycles. The number of sulfonamides is 1. The third-order valence-corrected chi connectivity index (χ3v) is 7.35. The molecule has 1 aliphatic carbocycles. The molecular weight excluding hydrogens is 322 g/mol. The quantitative estimate of drug-likeness (QED) is 0.777. The van der Waals surface area contributed by atoms with Crippen LogP contribution in [0.25, 0.3) is 0 Å². The molecule has 0 spiro atoms. The summed E-state index contributed by atoms with van der Waals surface area (Å²) in [6, 6.07) is 0. The Kier molecular flexibility index (Phi) is 6.57. The molecule has 1 fully saturated rings. The lowest BCUT2D eigenvalue weighted by Gasteiger charge is -2.46. The summed E-state index contributed by atoms with van der Waals surface area (Å²) in [6.45, 7) is 14.4. The Morgan fingerprint density at radius 1 is 1.00 bits per heavy atom. The number of hydrogen-bond donors (Lipinski definition) is 1. The Morgan fingerprint density at radius 3 is 1.88 bits per heavy atom. The molecule has 1 aliphatic rings. The van der Waals surface area contributed by atoms with Crippen LogP contribution in [0.4, 0.5) is 0 Å². The molecule has 0 saturated heterocycles. The van der Waals surface area contributed by atoms with Crippen molar-refractivity contribution in [3.05, 3.63) is 0 Å². The van der Waals surface area contributed by atoms with Crippen molar-refractivity contribution in [1.82, 2.24) is 4.72 Å². The summed E-state index contributed by atoms with van der Waals surface area (Å²) in [5.74, 6) is -0.321. The van der Waals surface area contributed by atoms with E-state index in [9.17, 15) is 13.2 Å².